The fraction of sp³-hybridized carbons (Fsp3) is 0.452. The van der Waals surface area contributed by atoms with E-state index in [2.05, 4.69) is 66.7 Å². The van der Waals surface area contributed by atoms with Gasteiger partial charge in [-0.3, -0.25) is 0 Å². The van der Waals surface area contributed by atoms with Crippen LogP contribution in [0, 0.1) is 33.6 Å². The SMILES string of the molecule is CO[C@@H]1[C@H](OC(O)/C=C/C=C/C=C/C=C/C(=O)O)CC[C@]2(CO2)[C@H]1[C@@]1(C)O[C@@H]1CC=C(C)C.Cc1c(N)ccc(-c2ccc(N)c(C)c2C)c1C. The summed E-state index contributed by atoms with van der Waals surface area (Å²) in [5.74, 6) is -0.961. The zero-order valence-electron chi connectivity index (χ0n) is 31.3. The van der Waals surface area contributed by atoms with Gasteiger partial charge in [0.1, 0.15) is 5.60 Å². The molecule has 2 aliphatic heterocycles. The number of carboxylic acids is 1. The van der Waals surface area contributed by atoms with Crippen molar-refractivity contribution in [2.45, 2.75) is 104 Å². The van der Waals surface area contributed by atoms with E-state index in [0.29, 0.717) is 6.61 Å². The topological polar surface area (TPSA) is 153 Å². The van der Waals surface area contributed by atoms with Crippen molar-refractivity contribution in [1.82, 2.24) is 0 Å². The van der Waals surface area contributed by atoms with Crippen LogP contribution in [-0.2, 0) is 23.7 Å². The zero-order chi connectivity index (χ0) is 37.5. The van der Waals surface area contributed by atoms with Gasteiger partial charge in [0.05, 0.1) is 36.4 Å². The molecule has 0 bridgehead atoms. The maximum atomic E-state index is 10.4. The van der Waals surface area contributed by atoms with Crippen molar-refractivity contribution < 1.29 is 34.0 Å². The third-order valence-corrected chi connectivity index (χ3v) is 10.6. The fourth-order valence-corrected chi connectivity index (χ4v) is 7.13. The molecule has 3 aliphatic rings. The van der Waals surface area contributed by atoms with Crippen molar-refractivity contribution in [2.75, 3.05) is 25.2 Å². The molecule has 1 spiro atoms. The second-order valence-corrected chi connectivity index (χ2v) is 14.2. The third kappa shape index (κ3) is 9.67. The summed E-state index contributed by atoms with van der Waals surface area (Å²) in [5.41, 5.74) is 21.6. The number of anilines is 2. The van der Waals surface area contributed by atoms with E-state index in [4.69, 9.17) is 35.5 Å². The van der Waals surface area contributed by atoms with Crippen LogP contribution in [0.4, 0.5) is 11.4 Å². The van der Waals surface area contributed by atoms with Crippen LogP contribution >= 0.6 is 0 Å². The van der Waals surface area contributed by atoms with E-state index < -0.39 is 12.3 Å². The smallest absolute Gasteiger partial charge is 0.328 e. The van der Waals surface area contributed by atoms with Crippen LogP contribution in [0.15, 0.2) is 84.5 Å². The first-order valence-electron chi connectivity index (χ1n) is 17.6. The third-order valence-electron chi connectivity index (χ3n) is 10.6. The molecule has 51 heavy (non-hydrogen) atoms. The number of allylic oxidation sites excluding steroid dienone is 7. The molecule has 3 fully saturated rings. The van der Waals surface area contributed by atoms with Crippen LogP contribution in [0.3, 0.4) is 0 Å². The summed E-state index contributed by atoms with van der Waals surface area (Å²) in [4.78, 5) is 10.4. The quantitative estimate of drug-likeness (QED) is 0.0441. The van der Waals surface area contributed by atoms with Crippen LogP contribution in [0.25, 0.3) is 11.1 Å². The monoisotopic (exact) mass is 700 g/mol. The number of carboxylic acid groups (broad SMARTS) is 1. The summed E-state index contributed by atoms with van der Waals surface area (Å²) >= 11 is 0. The number of nitrogens with two attached hydrogens (primary N) is 2. The Labute approximate surface area is 303 Å². The van der Waals surface area contributed by atoms with Gasteiger partial charge in [-0.15, -0.1) is 0 Å². The highest BCUT2D eigenvalue weighted by Crippen LogP contribution is 2.59. The van der Waals surface area contributed by atoms with Crippen molar-refractivity contribution >= 4 is 17.3 Å². The van der Waals surface area contributed by atoms with E-state index in [1.54, 1.807) is 43.6 Å². The van der Waals surface area contributed by atoms with Gasteiger partial charge in [-0.05, 0) is 119 Å². The molecule has 7 atom stereocenters. The zero-order valence-corrected chi connectivity index (χ0v) is 31.3. The molecule has 2 heterocycles. The van der Waals surface area contributed by atoms with Crippen LogP contribution < -0.4 is 11.5 Å². The highest BCUT2D eigenvalue weighted by Gasteiger charge is 2.72. The first-order chi connectivity index (χ1) is 24.1. The number of aliphatic carboxylic acids is 1. The van der Waals surface area contributed by atoms with Gasteiger partial charge in [0.2, 0.25) is 0 Å². The molecular weight excluding hydrogens is 644 g/mol. The van der Waals surface area contributed by atoms with Crippen LogP contribution in [-0.4, -0.2) is 65.7 Å². The Morgan fingerprint density at radius 2 is 1.49 bits per heavy atom. The number of nitrogen functional groups attached to an aromatic ring is 2. The molecule has 1 aliphatic carbocycles. The largest absolute Gasteiger partial charge is 0.478 e. The summed E-state index contributed by atoms with van der Waals surface area (Å²) in [6.07, 6.45) is 15.7. The lowest BCUT2D eigenvalue weighted by Gasteiger charge is -2.43. The van der Waals surface area contributed by atoms with Gasteiger partial charge in [-0.1, -0.05) is 60.2 Å². The molecular formula is C42H56N2O7. The Morgan fingerprint density at radius 3 is 2.00 bits per heavy atom. The maximum Gasteiger partial charge on any atom is 0.328 e. The van der Waals surface area contributed by atoms with Crippen LogP contribution in [0.2, 0.25) is 0 Å². The van der Waals surface area contributed by atoms with Gasteiger partial charge in [0, 0.05) is 24.6 Å². The molecule has 1 saturated carbocycles. The van der Waals surface area contributed by atoms with E-state index in [-0.39, 0.29) is 35.4 Å². The van der Waals surface area contributed by atoms with Crippen molar-refractivity contribution in [3.63, 3.8) is 0 Å². The second kappa shape index (κ2) is 17.0. The lowest BCUT2D eigenvalue weighted by molar-refractivity contribution is -0.189. The Kier molecular flexibility index (Phi) is 13.3. The number of benzene rings is 2. The molecule has 5 rings (SSSR count). The van der Waals surface area contributed by atoms with Crippen molar-refractivity contribution in [2.24, 2.45) is 5.92 Å². The Bertz CT molecular complexity index is 1640. The molecule has 0 amide bonds. The summed E-state index contributed by atoms with van der Waals surface area (Å²) in [5, 5.41) is 18.9. The number of epoxide rings is 2. The molecule has 1 unspecified atom stereocenters. The van der Waals surface area contributed by atoms with Crippen LogP contribution in [0.5, 0.6) is 0 Å². The molecule has 9 nitrogen and oxygen atoms in total. The normalized spacial score (nSPS) is 27.6. The molecule has 9 heteroatoms. The number of methoxy groups -OCH3 is 1. The Morgan fingerprint density at radius 1 is 0.941 bits per heavy atom. The second-order valence-electron chi connectivity index (χ2n) is 14.2. The van der Waals surface area contributed by atoms with E-state index in [9.17, 15) is 9.90 Å². The average Bonchev–Trinajstić information content (AvgIpc) is 4.00. The van der Waals surface area contributed by atoms with E-state index in [1.165, 1.54) is 33.9 Å². The maximum absolute atomic E-state index is 10.4. The van der Waals surface area contributed by atoms with Gasteiger partial charge in [0.15, 0.2) is 6.29 Å². The van der Waals surface area contributed by atoms with Gasteiger partial charge >= 0.3 is 5.97 Å². The molecule has 0 radical (unpaired) electrons. The average molecular weight is 701 g/mol. The molecule has 6 N–H and O–H groups in total. The van der Waals surface area contributed by atoms with Gasteiger partial charge < -0.3 is 40.6 Å². The molecule has 0 aromatic heterocycles. The first kappa shape index (κ1) is 39.8. The minimum atomic E-state index is -1.07. The van der Waals surface area contributed by atoms with Gasteiger partial charge in [-0.2, -0.15) is 0 Å². The van der Waals surface area contributed by atoms with E-state index in [0.717, 1.165) is 47.8 Å². The number of hydrogen-bond acceptors (Lipinski definition) is 8. The number of hydrogen-bond donors (Lipinski definition) is 4. The number of aliphatic hydroxyl groups is 1. The molecule has 276 valence electrons. The number of rotatable bonds is 12. The molecule has 2 aromatic carbocycles. The number of carbonyl (C=O) groups is 1. The standard InChI is InChI=1S/C26H36O7.C16H20N2/c1-18(2)13-14-20-25(3,33-20)24-23(30-4)19(15-16-26(24)17-31-26)32-22(29)12-10-8-6-5-7-9-11-21(27)28;1-9-11(3)15(17)7-5-13(9)14-6-8-16(18)12(4)10(14)2/h5-13,19-20,22-24,29H,14-17H2,1-4H3,(H,27,28);5-8H,17-18H2,1-4H3/b7-5+,8-6+,11-9+,12-10+;/t19-,20-,22?,23-,24-,25+,26+;/m1./s1. The summed E-state index contributed by atoms with van der Waals surface area (Å²) in [7, 11) is 1.68. The first-order valence-corrected chi connectivity index (χ1v) is 17.6. The van der Waals surface area contributed by atoms with Crippen LogP contribution in [0.1, 0.15) is 62.3 Å². The van der Waals surface area contributed by atoms with Crippen molar-refractivity contribution in [3.05, 3.63) is 107 Å². The fourth-order valence-electron chi connectivity index (χ4n) is 7.13. The number of aliphatic hydroxyl groups excluding tert-OH is 1. The van der Waals surface area contributed by atoms with Gasteiger partial charge in [-0.25, -0.2) is 4.79 Å². The van der Waals surface area contributed by atoms with E-state index in [1.807, 2.05) is 12.1 Å². The Balaban J connectivity index is 0.000000272. The highest BCUT2D eigenvalue weighted by molar-refractivity contribution is 5.80. The van der Waals surface area contributed by atoms with Gasteiger partial charge in [0.25, 0.3) is 0 Å². The van der Waals surface area contributed by atoms with Crippen molar-refractivity contribution in [3.8, 4) is 11.1 Å². The lowest BCUT2D eigenvalue weighted by atomic mass is 9.68. The minimum Gasteiger partial charge on any atom is -0.478 e. The Hall–Kier alpha value is -3.99. The number of ether oxygens (including phenoxy) is 4. The minimum absolute atomic E-state index is 0.0318. The van der Waals surface area contributed by atoms with E-state index >= 15 is 0 Å². The predicted molar refractivity (Wildman–Crippen MR) is 204 cm³/mol. The molecule has 2 aromatic rings. The van der Waals surface area contributed by atoms with Crippen molar-refractivity contribution in [1.29, 1.82) is 0 Å². The lowest BCUT2D eigenvalue weighted by Crippen LogP contribution is -2.55. The summed E-state index contributed by atoms with van der Waals surface area (Å²) in [6.45, 7) is 15.4. The summed E-state index contributed by atoms with van der Waals surface area (Å²) in [6, 6.07) is 8.14. The predicted octanol–water partition coefficient (Wildman–Crippen LogP) is 7.46. The molecule has 2 saturated heterocycles. The summed E-state index contributed by atoms with van der Waals surface area (Å²) < 4.78 is 24.0. The highest BCUT2D eigenvalue weighted by atomic mass is 16.6.